The Morgan fingerprint density at radius 1 is 1.21 bits per heavy atom. The Labute approximate surface area is 117 Å². The van der Waals surface area contributed by atoms with Gasteiger partial charge >= 0.3 is 0 Å². The lowest BCUT2D eigenvalue weighted by Crippen LogP contribution is -2.40. The van der Waals surface area contributed by atoms with Crippen LogP contribution in [0.5, 0.6) is 0 Å². The van der Waals surface area contributed by atoms with Gasteiger partial charge in [0.15, 0.2) is 0 Å². The number of hydrogen-bond donors (Lipinski definition) is 0. The third kappa shape index (κ3) is 2.08. The number of amides is 1. The molecule has 1 aromatic heterocycles. The Morgan fingerprint density at radius 2 is 2.00 bits per heavy atom. The fraction of sp³-hybridized carbons (Fsp3) is 0.312. The SMILES string of the molecule is CC1(C)CCN(C(=O)c2cccs2)c2ccccc21. The van der Waals surface area contributed by atoms with Crippen LogP contribution in [-0.4, -0.2) is 12.5 Å². The molecule has 0 saturated carbocycles. The van der Waals surface area contributed by atoms with E-state index in [0.717, 1.165) is 23.5 Å². The van der Waals surface area contributed by atoms with Crippen LogP contribution in [0.2, 0.25) is 0 Å². The number of benzene rings is 1. The predicted molar refractivity (Wildman–Crippen MR) is 80.1 cm³/mol. The van der Waals surface area contributed by atoms with Gasteiger partial charge in [0.1, 0.15) is 0 Å². The summed E-state index contributed by atoms with van der Waals surface area (Å²) in [6.07, 6.45) is 1.00. The average Bonchev–Trinajstić information content (AvgIpc) is 2.92. The van der Waals surface area contributed by atoms with E-state index in [-0.39, 0.29) is 11.3 Å². The molecule has 19 heavy (non-hydrogen) atoms. The van der Waals surface area contributed by atoms with E-state index in [9.17, 15) is 4.79 Å². The standard InChI is InChI=1S/C16H17NOS/c1-16(2)9-10-17(13-7-4-3-6-12(13)16)15(18)14-8-5-11-19-14/h3-8,11H,9-10H2,1-2H3. The molecule has 0 saturated heterocycles. The smallest absolute Gasteiger partial charge is 0.268 e. The zero-order valence-corrected chi connectivity index (χ0v) is 12.0. The molecule has 1 amide bonds. The molecule has 2 nitrogen and oxygen atoms in total. The zero-order valence-electron chi connectivity index (χ0n) is 11.2. The van der Waals surface area contributed by atoms with Crippen molar-refractivity contribution >= 4 is 22.9 Å². The van der Waals surface area contributed by atoms with Crippen LogP contribution in [-0.2, 0) is 5.41 Å². The number of carbonyl (C=O) groups excluding carboxylic acids is 1. The van der Waals surface area contributed by atoms with E-state index in [0.29, 0.717) is 0 Å². The van der Waals surface area contributed by atoms with Crippen LogP contribution in [0.1, 0.15) is 35.5 Å². The Bertz CT molecular complexity index is 601. The summed E-state index contributed by atoms with van der Waals surface area (Å²) in [6, 6.07) is 12.1. The molecule has 1 aliphatic rings. The van der Waals surface area contributed by atoms with Crippen LogP contribution in [0.3, 0.4) is 0 Å². The van der Waals surface area contributed by atoms with Crippen molar-refractivity contribution in [3.63, 3.8) is 0 Å². The van der Waals surface area contributed by atoms with E-state index in [1.54, 1.807) is 0 Å². The number of nitrogens with zero attached hydrogens (tertiary/aromatic N) is 1. The molecule has 2 aromatic rings. The van der Waals surface area contributed by atoms with E-state index in [2.05, 4.69) is 32.0 Å². The predicted octanol–water partition coefficient (Wildman–Crippen LogP) is 4.08. The highest BCUT2D eigenvalue weighted by molar-refractivity contribution is 7.12. The van der Waals surface area contributed by atoms with Crippen molar-refractivity contribution in [3.05, 3.63) is 52.2 Å². The molecule has 0 aliphatic carbocycles. The highest BCUT2D eigenvalue weighted by Gasteiger charge is 2.33. The average molecular weight is 271 g/mol. The fourth-order valence-electron chi connectivity index (χ4n) is 2.67. The Morgan fingerprint density at radius 3 is 2.74 bits per heavy atom. The van der Waals surface area contributed by atoms with E-state index in [1.807, 2.05) is 28.5 Å². The van der Waals surface area contributed by atoms with Crippen LogP contribution in [0.15, 0.2) is 41.8 Å². The second-order valence-electron chi connectivity index (χ2n) is 5.59. The highest BCUT2D eigenvalue weighted by atomic mass is 32.1. The van der Waals surface area contributed by atoms with Crippen LogP contribution < -0.4 is 4.90 Å². The first-order valence-electron chi connectivity index (χ1n) is 6.54. The lowest BCUT2D eigenvalue weighted by Gasteiger charge is -2.38. The van der Waals surface area contributed by atoms with Gasteiger partial charge in [0.25, 0.3) is 5.91 Å². The van der Waals surface area contributed by atoms with E-state index >= 15 is 0 Å². The van der Waals surface area contributed by atoms with Crippen LogP contribution in [0.4, 0.5) is 5.69 Å². The van der Waals surface area contributed by atoms with Crippen molar-refractivity contribution in [1.29, 1.82) is 0 Å². The molecule has 0 atom stereocenters. The lowest BCUT2D eigenvalue weighted by atomic mass is 9.77. The molecule has 0 N–H and O–H groups in total. The molecule has 0 fully saturated rings. The van der Waals surface area contributed by atoms with E-state index in [4.69, 9.17) is 0 Å². The fourth-order valence-corrected chi connectivity index (χ4v) is 3.34. The van der Waals surface area contributed by atoms with Gasteiger partial charge in [0.2, 0.25) is 0 Å². The van der Waals surface area contributed by atoms with E-state index < -0.39 is 0 Å². The first-order chi connectivity index (χ1) is 9.09. The minimum atomic E-state index is 0.123. The number of para-hydroxylation sites is 1. The highest BCUT2D eigenvalue weighted by Crippen LogP contribution is 2.40. The molecule has 98 valence electrons. The Hall–Kier alpha value is -1.61. The van der Waals surface area contributed by atoms with Crippen molar-refractivity contribution < 1.29 is 4.79 Å². The first kappa shape index (κ1) is 12.4. The molecule has 0 unspecified atom stereocenters. The van der Waals surface area contributed by atoms with E-state index in [1.165, 1.54) is 16.9 Å². The largest absolute Gasteiger partial charge is 0.307 e. The van der Waals surface area contributed by atoms with Gasteiger partial charge in [0.05, 0.1) is 4.88 Å². The summed E-state index contributed by atoms with van der Waals surface area (Å²) in [5.74, 6) is 0.123. The maximum Gasteiger partial charge on any atom is 0.268 e. The minimum Gasteiger partial charge on any atom is -0.307 e. The van der Waals surface area contributed by atoms with Crippen molar-refractivity contribution in [1.82, 2.24) is 0 Å². The summed E-state index contributed by atoms with van der Waals surface area (Å²) in [4.78, 5) is 15.3. The summed E-state index contributed by atoms with van der Waals surface area (Å²) >= 11 is 1.51. The topological polar surface area (TPSA) is 20.3 Å². The molecule has 0 radical (unpaired) electrons. The number of fused-ring (bicyclic) bond motifs is 1. The van der Waals surface area contributed by atoms with Crippen LogP contribution in [0, 0.1) is 0 Å². The van der Waals surface area contributed by atoms with Crippen molar-refractivity contribution in [3.8, 4) is 0 Å². The molecule has 0 bridgehead atoms. The number of hydrogen-bond acceptors (Lipinski definition) is 2. The quantitative estimate of drug-likeness (QED) is 0.765. The summed E-state index contributed by atoms with van der Waals surface area (Å²) in [5, 5.41) is 1.95. The third-order valence-electron chi connectivity index (χ3n) is 3.86. The molecule has 2 heterocycles. The number of anilines is 1. The minimum absolute atomic E-state index is 0.123. The summed E-state index contributed by atoms with van der Waals surface area (Å²) in [5.41, 5.74) is 2.48. The molecule has 0 spiro atoms. The molecule has 3 heteroatoms. The Balaban J connectivity index is 2.04. The zero-order chi connectivity index (χ0) is 13.5. The monoisotopic (exact) mass is 271 g/mol. The molecule has 1 aliphatic heterocycles. The molecular weight excluding hydrogens is 254 g/mol. The normalized spacial score (nSPS) is 17.1. The first-order valence-corrected chi connectivity index (χ1v) is 7.42. The van der Waals surface area contributed by atoms with Gasteiger partial charge in [-0.15, -0.1) is 11.3 Å². The molecule has 3 rings (SSSR count). The van der Waals surface area contributed by atoms with Gasteiger partial charge in [-0.2, -0.15) is 0 Å². The number of carbonyl (C=O) groups is 1. The van der Waals surface area contributed by atoms with Gasteiger partial charge in [0, 0.05) is 12.2 Å². The number of rotatable bonds is 1. The van der Waals surface area contributed by atoms with Gasteiger partial charge in [-0.1, -0.05) is 38.1 Å². The third-order valence-corrected chi connectivity index (χ3v) is 4.72. The molecular formula is C16H17NOS. The lowest BCUT2D eigenvalue weighted by molar-refractivity contribution is 0.0986. The van der Waals surface area contributed by atoms with Crippen molar-refractivity contribution in [2.45, 2.75) is 25.7 Å². The second kappa shape index (κ2) is 4.49. The maximum atomic E-state index is 12.6. The van der Waals surface area contributed by atoms with Crippen molar-refractivity contribution in [2.24, 2.45) is 0 Å². The Kier molecular flexibility index (Phi) is 2.94. The van der Waals surface area contributed by atoms with Gasteiger partial charge in [-0.05, 0) is 34.9 Å². The summed E-state index contributed by atoms with van der Waals surface area (Å²) in [6.45, 7) is 5.29. The van der Waals surface area contributed by atoms with Crippen molar-refractivity contribution in [2.75, 3.05) is 11.4 Å². The van der Waals surface area contributed by atoms with Crippen LogP contribution >= 0.6 is 11.3 Å². The summed E-state index contributed by atoms with van der Waals surface area (Å²) in [7, 11) is 0. The summed E-state index contributed by atoms with van der Waals surface area (Å²) < 4.78 is 0. The van der Waals surface area contributed by atoms with Crippen LogP contribution in [0.25, 0.3) is 0 Å². The number of thiophene rings is 1. The van der Waals surface area contributed by atoms with Gasteiger partial charge in [-0.3, -0.25) is 4.79 Å². The maximum absolute atomic E-state index is 12.6. The molecule has 1 aromatic carbocycles. The van der Waals surface area contributed by atoms with Gasteiger partial charge in [-0.25, -0.2) is 0 Å². The second-order valence-corrected chi connectivity index (χ2v) is 6.53. The van der Waals surface area contributed by atoms with Gasteiger partial charge < -0.3 is 4.90 Å².